The Labute approximate surface area is 374 Å². The zero-order valence-electron chi connectivity index (χ0n) is 37.6. The van der Waals surface area contributed by atoms with Crippen LogP contribution in [0.15, 0.2) is 116 Å². The van der Waals surface area contributed by atoms with Gasteiger partial charge in [-0.15, -0.1) is 0 Å². The second-order valence-corrected chi connectivity index (χ2v) is 23.7. The van der Waals surface area contributed by atoms with E-state index in [0.717, 1.165) is 0 Å². The van der Waals surface area contributed by atoms with Gasteiger partial charge in [0, 0.05) is 0 Å². The topological polar surface area (TPSA) is 25.4 Å². The summed E-state index contributed by atoms with van der Waals surface area (Å²) in [5, 5.41) is 7.98. The molecule has 0 unspecified atom stereocenters. The normalized spacial score (nSPS) is 14.9. The number of rotatable bonds is 1. The number of aryl methyl sites for hydroxylation is 10. The third-order valence-corrected chi connectivity index (χ3v) is 19.8. The fourth-order valence-electron chi connectivity index (χ4n) is 12.0. The summed E-state index contributed by atoms with van der Waals surface area (Å²) in [5.74, 6) is 1.21. The molecule has 2 bridgehead atoms. The second kappa shape index (κ2) is 12.7. The minimum atomic E-state index is -2.79. The molecule has 8 heterocycles. The van der Waals surface area contributed by atoms with E-state index >= 15 is 0 Å². The SMILES string of the molecule is Cc1cc(C)c(-n2cc[n+]3c2-c2ccc(C)cc2I2c4cc(C)cc5c6cc(C)cc(C)c6n6cc[n+](c6c45)[C@@H]3c3cc(C)cc4c5cc(C)cc(C)c5n5cc[n+]2c5c34)c(C)c1. The van der Waals surface area contributed by atoms with Crippen molar-refractivity contribution in [3.63, 3.8) is 0 Å². The summed E-state index contributed by atoms with van der Waals surface area (Å²) < 4.78 is 18.6. The van der Waals surface area contributed by atoms with Crippen LogP contribution in [-0.2, 0) is 0 Å². The van der Waals surface area contributed by atoms with E-state index in [9.17, 15) is 0 Å². The van der Waals surface area contributed by atoms with Gasteiger partial charge >= 0.3 is 377 Å². The average Bonchev–Trinajstić information content (AvgIpc) is 3.96. The molecular weight excluding hydrogens is 884 g/mol. The van der Waals surface area contributed by atoms with Crippen LogP contribution in [0.1, 0.15) is 67.4 Å². The molecule has 6 aromatic carbocycles. The first-order valence-electron chi connectivity index (χ1n) is 22.2. The predicted octanol–water partition coefficient (Wildman–Crippen LogP) is 11.9. The van der Waals surface area contributed by atoms with Gasteiger partial charge in [0.1, 0.15) is 0 Å². The molecule has 1 atom stereocenters. The Bertz CT molecular complexity index is 3910. The third-order valence-electron chi connectivity index (χ3n) is 14.0. The van der Waals surface area contributed by atoms with Crippen LogP contribution in [0.25, 0.3) is 71.7 Å². The van der Waals surface area contributed by atoms with E-state index in [1.165, 1.54) is 140 Å². The molecule has 3 aliphatic rings. The number of imidazole rings is 3. The third kappa shape index (κ3) is 4.86. The van der Waals surface area contributed by atoms with Gasteiger partial charge in [-0.2, -0.15) is 0 Å². The molecule has 7 heteroatoms. The summed E-state index contributed by atoms with van der Waals surface area (Å²) in [5.41, 5.74) is 21.8. The van der Waals surface area contributed by atoms with Crippen molar-refractivity contribution in [3.05, 3.63) is 184 Å². The number of hydrogen-bond acceptors (Lipinski definition) is 0. The van der Waals surface area contributed by atoms with Crippen LogP contribution in [0.2, 0.25) is 0 Å². The van der Waals surface area contributed by atoms with Gasteiger partial charge in [0.2, 0.25) is 0 Å². The van der Waals surface area contributed by atoms with E-state index in [-0.39, 0.29) is 6.17 Å². The number of pyridine rings is 2. The van der Waals surface area contributed by atoms with Crippen LogP contribution in [0.3, 0.4) is 0 Å². The summed E-state index contributed by atoms with van der Waals surface area (Å²) in [6, 6.07) is 31.7. The van der Waals surface area contributed by atoms with Crippen LogP contribution >= 0.6 is 20.1 Å². The van der Waals surface area contributed by atoms with E-state index in [1.807, 2.05) is 0 Å². The summed E-state index contributed by atoms with van der Waals surface area (Å²) in [7, 11) is 0. The first-order chi connectivity index (χ1) is 30.4. The molecule has 0 spiro atoms. The molecule has 0 radical (unpaired) electrons. The van der Waals surface area contributed by atoms with Crippen molar-refractivity contribution in [2.24, 2.45) is 0 Å². The Balaban J connectivity index is 1.37. The van der Waals surface area contributed by atoms with Crippen molar-refractivity contribution in [2.75, 3.05) is 0 Å². The van der Waals surface area contributed by atoms with Crippen molar-refractivity contribution < 1.29 is 11.9 Å². The van der Waals surface area contributed by atoms with E-state index < -0.39 is 20.1 Å². The Morgan fingerprint density at radius 2 is 1.00 bits per heavy atom. The van der Waals surface area contributed by atoms with Gasteiger partial charge in [0.05, 0.1) is 0 Å². The van der Waals surface area contributed by atoms with Gasteiger partial charge in [-0.25, -0.2) is 0 Å². The summed E-state index contributed by atoms with van der Waals surface area (Å²) in [4.78, 5) is 0. The first-order valence-corrected chi connectivity index (χ1v) is 25.3. The molecule has 6 nitrogen and oxygen atoms in total. The average molecular weight is 934 g/mol. The number of halogens is 1. The van der Waals surface area contributed by atoms with Crippen LogP contribution < -0.4 is 11.9 Å². The number of aromatic nitrogens is 6. The Hall–Kier alpha value is -6.32. The predicted molar refractivity (Wildman–Crippen MR) is 264 cm³/mol. The van der Waals surface area contributed by atoms with Gasteiger partial charge in [-0.3, -0.25) is 0 Å². The molecule has 0 aliphatic carbocycles. The summed E-state index contributed by atoms with van der Waals surface area (Å²) in [6.07, 6.45) is 14.1. The van der Waals surface area contributed by atoms with Gasteiger partial charge in [0.25, 0.3) is 0 Å². The molecule has 14 rings (SSSR count). The monoisotopic (exact) mass is 933 g/mol. The molecule has 0 saturated carbocycles. The zero-order valence-corrected chi connectivity index (χ0v) is 39.8. The van der Waals surface area contributed by atoms with Crippen LogP contribution in [0.5, 0.6) is 0 Å². The number of nitrogens with zero attached hydrogens (tertiary/aromatic N) is 6. The molecule has 0 N–H and O–H groups in total. The van der Waals surface area contributed by atoms with Gasteiger partial charge in [-0.05, 0) is 0 Å². The molecule has 308 valence electrons. The maximum atomic E-state index is 2.81. The quantitative estimate of drug-likeness (QED) is 0.0890. The molecule has 3 aliphatic heterocycles. The molecule has 0 amide bonds. The standard InChI is InChI=1S/C56H50IN6/c1-30-11-12-40-46(28-30)57-47-29-35(6)24-42-44-26-33(4)21-38(9)51(44)59-14-16-62(55(59)49(42)47)54(61-15-13-58(53(40)61)50-36(7)19-31(2)20-37(50)8)45-27-34(5)23-41-43-25-32(3)22-39(10)52(43)60-17-18-63(57)56(60)48(41)45/h11-29,54H,1-10H3/q+3/t54-/m1/s1. The van der Waals surface area contributed by atoms with Crippen molar-refractivity contribution in [1.82, 2.24) is 13.4 Å². The molecular formula is C56H50IN6+3. The van der Waals surface area contributed by atoms with E-state index in [0.29, 0.717) is 0 Å². The van der Waals surface area contributed by atoms with E-state index in [4.69, 9.17) is 0 Å². The first kappa shape index (κ1) is 37.3. The Morgan fingerprint density at radius 1 is 0.460 bits per heavy atom. The molecule has 0 fully saturated rings. The van der Waals surface area contributed by atoms with Gasteiger partial charge in [0.15, 0.2) is 0 Å². The molecule has 11 aromatic rings. The fourth-order valence-corrected chi connectivity index (χ4v) is 18.7. The maximum absolute atomic E-state index is 2.81. The summed E-state index contributed by atoms with van der Waals surface area (Å²) in [6.45, 7) is 22.8. The van der Waals surface area contributed by atoms with Crippen LogP contribution in [-0.4, -0.2) is 13.4 Å². The number of hydrogen-bond donors (Lipinski definition) is 0. The molecule has 63 heavy (non-hydrogen) atoms. The number of benzene rings is 6. The van der Waals surface area contributed by atoms with E-state index in [2.05, 4.69) is 211 Å². The molecule has 0 saturated heterocycles. The fraction of sp³-hybridized carbons (Fsp3) is 0.196. The Morgan fingerprint density at radius 3 is 1.70 bits per heavy atom. The summed E-state index contributed by atoms with van der Waals surface area (Å²) >= 11 is -2.79. The van der Waals surface area contributed by atoms with Crippen molar-refractivity contribution >= 4 is 74.7 Å². The minimum absolute atomic E-state index is 0.261. The van der Waals surface area contributed by atoms with Gasteiger partial charge < -0.3 is 0 Å². The second-order valence-electron chi connectivity index (χ2n) is 18.9. The van der Waals surface area contributed by atoms with Crippen LogP contribution in [0.4, 0.5) is 0 Å². The van der Waals surface area contributed by atoms with Crippen molar-refractivity contribution in [2.45, 2.75) is 75.4 Å². The van der Waals surface area contributed by atoms with Gasteiger partial charge in [-0.1, -0.05) is 0 Å². The van der Waals surface area contributed by atoms with E-state index in [1.54, 1.807) is 0 Å². The van der Waals surface area contributed by atoms with Crippen LogP contribution in [0, 0.1) is 76.4 Å². The Kier molecular flexibility index (Phi) is 7.49. The van der Waals surface area contributed by atoms with Crippen molar-refractivity contribution in [3.8, 4) is 17.1 Å². The van der Waals surface area contributed by atoms with Crippen molar-refractivity contribution in [1.29, 1.82) is 0 Å². The molecule has 5 aromatic heterocycles. The zero-order chi connectivity index (χ0) is 43.1. The number of fused-ring (bicyclic) bond motifs is 6.